The normalized spacial score (nSPS) is 11.2. The quantitative estimate of drug-likeness (QED) is 0.300. The second-order valence-electron chi connectivity index (χ2n) is 6.09. The number of hydrogen-bond donors (Lipinski definition) is 2. The second-order valence-corrected chi connectivity index (χ2v) is 7.15. The fourth-order valence-corrected chi connectivity index (χ4v) is 3.37. The number of nitrogens with one attached hydrogen (secondary N) is 2. The van der Waals surface area contributed by atoms with E-state index in [1.54, 1.807) is 41.4 Å². The van der Waals surface area contributed by atoms with Gasteiger partial charge in [0.2, 0.25) is 0 Å². The van der Waals surface area contributed by atoms with Crippen molar-refractivity contribution < 1.29 is 4.39 Å². The lowest BCUT2D eigenvalue weighted by molar-refractivity contribution is 0.613. The molecule has 0 aliphatic carbocycles. The Morgan fingerprint density at radius 3 is 2.71 bits per heavy atom. The van der Waals surface area contributed by atoms with Crippen LogP contribution in [0.3, 0.4) is 0 Å². The van der Waals surface area contributed by atoms with E-state index in [4.69, 9.17) is 0 Å². The first-order chi connectivity index (χ1) is 13.1. The maximum Gasteiger partial charge on any atom is 0.191 e. The zero-order valence-electron chi connectivity index (χ0n) is 16.1. The van der Waals surface area contributed by atoms with Gasteiger partial charge >= 0.3 is 0 Å². The zero-order valence-corrected chi connectivity index (χ0v) is 19.2. The summed E-state index contributed by atoms with van der Waals surface area (Å²) in [6.07, 6.45) is 4.24. The first-order valence-electron chi connectivity index (χ1n) is 8.71. The molecule has 2 N–H and O–H groups in total. The highest BCUT2D eigenvalue weighted by molar-refractivity contribution is 14.0. The molecule has 0 radical (unpaired) electrons. The van der Waals surface area contributed by atoms with E-state index in [1.807, 2.05) is 19.9 Å². The van der Waals surface area contributed by atoms with Crippen LogP contribution in [0.15, 0.2) is 41.0 Å². The molecule has 0 unspecified atom stereocenters. The fraction of sp³-hybridized carbons (Fsp3) is 0.316. The summed E-state index contributed by atoms with van der Waals surface area (Å²) >= 11 is 1.65. The average molecular weight is 514 g/mol. The molecule has 0 amide bonds. The van der Waals surface area contributed by atoms with Crippen LogP contribution in [0.2, 0.25) is 0 Å². The second kappa shape index (κ2) is 10.5. The van der Waals surface area contributed by atoms with Gasteiger partial charge in [0.1, 0.15) is 11.6 Å². The van der Waals surface area contributed by atoms with Crippen LogP contribution in [-0.4, -0.2) is 34.1 Å². The predicted molar refractivity (Wildman–Crippen MR) is 122 cm³/mol. The Balaban J connectivity index is 0.00000280. The third-order valence-corrected chi connectivity index (χ3v) is 4.94. The van der Waals surface area contributed by atoms with E-state index >= 15 is 0 Å². The smallest absolute Gasteiger partial charge is 0.191 e. The molecule has 0 aliphatic rings. The molecule has 3 rings (SSSR count). The number of thiazole rings is 1. The van der Waals surface area contributed by atoms with Crippen LogP contribution >= 0.6 is 35.3 Å². The van der Waals surface area contributed by atoms with E-state index < -0.39 is 0 Å². The maximum absolute atomic E-state index is 14.5. The van der Waals surface area contributed by atoms with Gasteiger partial charge < -0.3 is 15.2 Å². The Morgan fingerprint density at radius 1 is 1.29 bits per heavy atom. The number of hydrogen-bond acceptors (Lipinski definition) is 4. The van der Waals surface area contributed by atoms with Gasteiger partial charge in [-0.2, -0.15) is 0 Å². The fourth-order valence-electron chi connectivity index (χ4n) is 2.73. The Kier molecular flexibility index (Phi) is 8.36. The zero-order chi connectivity index (χ0) is 19.2. The van der Waals surface area contributed by atoms with Gasteiger partial charge in [-0.3, -0.25) is 4.99 Å². The number of halogens is 2. The lowest BCUT2D eigenvalue weighted by Crippen LogP contribution is -2.37. The number of benzene rings is 1. The minimum atomic E-state index is -0.280. The minimum Gasteiger partial charge on any atom is -0.356 e. The van der Waals surface area contributed by atoms with Gasteiger partial charge in [-0.15, -0.1) is 35.3 Å². The number of guanidine groups is 1. The molecular weight excluding hydrogens is 490 g/mol. The molecular formula is C19H24FIN6S. The van der Waals surface area contributed by atoms with Gasteiger partial charge in [-0.1, -0.05) is 6.07 Å². The molecule has 0 atom stereocenters. The van der Waals surface area contributed by atoms with Crippen molar-refractivity contribution in [2.75, 3.05) is 13.6 Å². The number of rotatable bonds is 6. The maximum atomic E-state index is 14.5. The first kappa shape index (κ1) is 22.3. The van der Waals surface area contributed by atoms with Gasteiger partial charge in [0.15, 0.2) is 5.96 Å². The molecule has 0 fully saturated rings. The lowest BCUT2D eigenvalue weighted by Gasteiger charge is -2.13. The van der Waals surface area contributed by atoms with Crippen molar-refractivity contribution in [1.82, 2.24) is 25.2 Å². The van der Waals surface area contributed by atoms with Gasteiger partial charge in [0.25, 0.3) is 0 Å². The summed E-state index contributed by atoms with van der Waals surface area (Å²) < 4.78 is 16.2. The van der Waals surface area contributed by atoms with Gasteiger partial charge in [-0.05, 0) is 31.5 Å². The van der Waals surface area contributed by atoms with E-state index in [0.717, 1.165) is 35.1 Å². The van der Waals surface area contributed by atoms with Crippen molar-refractivity contribution in [2.45, 2.75) is 26.8 Å². The summed E-state index contributed by atoms with van der Waals surface area (Å²) in [5.41, 5.74) is 2.41. The van der Waals surface area contributed by atoms with Crippen LogP contribution in [0, 0.1) is 19.7 Å². The molecule has 9 heteroatoms. The highest BCUT2D eigenvalue weighted by Crippen LogP contribution is 2.16. The third-order valence-electron chi connectivity index (χ3n) is 4.12. The van der Waals surface area contributed by atoms with Crippen LogP contribution in [-0.2, 0) is 13.0 Å². The molecule has 150 valence electrons. The molecule has 2 aromatic heterocycles. The topological polar surface area (TPSA) is 67.1 Å². The highest BCUT2D eigenvalue weighted by atomic mass is 127. The molecule has 28 heavy (non-hydrogen) atoms. The Bertz CT molecular complexity index is 936. The van der Waals surface area contributed by atoms with Crippen molar-refractivity contribution in [3.05, 3.63) is 63.9 Å². The minimum absolute atomic E-state index is 0. The molecule has 6 nitrogen and oxygen atoms in total. The summed E-state index contributed by atoms with van der Waals surface area (Å²) in [7, 11) is 1.72. The van der Waals surface area contributed by atoms with E-state index in [0.29, 0.717) is 18.2 Å². The van der Waals surface area contributed by atoms with Crippen LogP contribution < -0.4 is 10.6 Å². The van der Waals surface area contributed by atoms with Gasteiger partial charge in [0.05, 0.1) is 16.4 Å². The molecule has 0 saturated heterocycles. The standard InChI is InChI=1S/C19H23FN6S.HI/c1-13-22-8-9-26(13)18-5-4-15(10-17(18)20)11-24-19(21-3)23-7-6-16-12-27-14(2)25-16;/h4-5,8-10,12H,6-7,11H2,1-3H3,(H2,21,23,24);1H. The van der Waals surface area contributed by atoms with Crippen LogP contribution in [0.5, 0.6) is 0 Å². The summed E-state index contributed by atoms with van der Waals surface area (Å²) in [5.74, 6) is 1.15. The van der Waals surface area contributed by atoms with E-state index in [9.17, 15) is 4.39 Å². The predicted octanol–water partition coefficient (Wildman–Crippen LogP) is 3.61. The highest BCUT2D eigenvalue weighted by Gasteiger charge is 2.08. The Hall–Kier alpha value is -2.01. The molecule has 0 aliphatic heterocycles. The molecule has 0 spiro atoms. The number of aromatic nitrogens is 3. The molecule has 2 heterocycles. The largest absolute Gasteiger partial charge is 0.356 e. The van der Waals surface area contributed by atoms with Crippen molar-refractivity contribution in [3.63, 3.8) is 0 Å². The van der Waals surface area contributed by atoms with E-state index in [-0.39, 0.29) is 29.8 Å². The summed E-state index contributed by atoms with van der Waals surface area (Å²) in [5, 5.41) is 9.60. The summed E-state index contributed by atoms with van der Waals surface area (Å²) in [6.45, 7) is 5.06. The van der Waals surface area contributed by atoms with Crippen LogP contribution in [0.4, 0.5) is 4.39 Å². The molecule has 3 aromatic rings. The van der Waals surface area contributed by atoms with Gasteiger partial charge in [0, 0.05) is 44.3 Å². The van der Waals surface area contributed by atoms with Crippen LogP contribution in [0.25, 0.3) is 5.69 Å². The monoisotopic (exact) mass is 514 g/mol. The summed E-state index contributed by atoms with van der Waals surface area (Å²) in [6, 6.07) is 5.20. The number of aryl methyl sites for hydroxylation is 2. The summed E-state index contributed by atoms with van der Waals surface area (Å²) in [4.78, 5) is 12.8. The van der Waals surface area contributed by atoms with Crippen molar-refractivity contribution in [1.29, 1.82) is 0 Å². The SMILES string of the molecule is CN=C(NCCc1csc(C)n1)NCc1ccc(-n2ccnc2C)c(F)c1.I. The van der Waals surface area contributed by atoms with Gasteiger partial charge in [-0.25, -0.2) is 14.4 Å². The lowest BCUT2D eigenvalue weighted by atomic mass is 10.2. The Morgan fingerprint density at radius 2 is 2.11 bits per heavy atom. The van der Waals surface area contributed by atoms with Crippen molar-refractivity contribution in [2.24, 2.45) is 4.99 Å². The molecule has 0 saturated carbocycles. The van der Waals surface area contributed by atoms with E-state index in [1.165, 1.54) is 6.07 Å². The average Bonchev–Trinajstić information content (AvgIpc) is 3.26. The third kappa shape index (κ3) is 5.74. The van der Waals surface area contributed by atoms with Crippen molar-refractivity contribution in [3.8, 4) is 5.69 Å². The Labute approximate surface area is 185 Å². The first-order valence-corrected chi connectivity index (χ1v) is 9.59. The molecule has 0 bridgehead atoms. The van der Waals surface area contributed by atoms with E-state index in [2.05, 4.69) is 31.0 Å². The number of nitrogens with zero attached hydrogens (tertiary/aromatic N) is 4. The van der Waals surface area contributed by atoms with Crippen LogP contribution in [0.1, 0.15) is 22.1 Å². The number of imidazole rings is 1. The van der Waals surface area contributed by atoms with Crippen molar-refractivity contribution >= 4 is 41.3 Å². The molecule has 1 aromatic carbocycles. The number of aliphatic imine (C=N–C) groups is 1.